The molecule has 2 rings (SSSR count). The molecule has 0 bridgehead atoms. The van der Waals surface area contributed by atoms with Gasteiger partial charge in [0.2, 0.25) is 5.91 Å². The number of hydrogen-bond acceptors (Lipinski definition) is 2. The van der Waals surface area contributed by atoms with Gasteiger partial charge in [0.15, 0.2) is 0 Å². The van der Waals surface area contributed by atoms with Crippen LogP contribution in [0.5, 0.6) is 0 Å². The minimum absolute atomic E-state index is 0.230. The Morgan fingerprint density at radius 2 is 2.00 bits per heavy atom. The smallest absolute Gasteiger partial charge is 0.223 e. The summed E-state index contributed by atoms with van der Waals surface area (Å²) in [7, 11) is 0. The number of carbonyl (C=O) groups is 1. The average molecular weight is 275 g/mol. The SMILES string of the molecule is CCCC(=O)N1Cc2ccc(C(O)CC(C)C)cc2C1. The van der Waals surface area contributed by atoms with E-state index in [1.54, 1.807) is 0 Å². The first-order valence-electron chi connectivity index (χ1n) is 7.58. The lowest BCUT2D eigenvalue weighted by molar-refractivity contribution is -0.131. The fourth-order valence-corrected chi connectivity index (χ4v) is 2.75. The van der Waals surface area contributed by atoms with E-state index >= 15 is 0 Å². The maximum atomic E-state index is 12.0. The van der Waals surface area contributed by atoms with Crippen molar-refractivity contribution in [2.45, 2.75) is 59.2 Å². The van der Waals surface area contributed by atoms with Gasteiger partial charge in [0.05, 0.1) is 6.10 Å². The van der Waals surface area contributed by atoms with Gasteiger partial charge in [0, 0.05) is 19.5 Å². The third-order valence-corrected chi connectivity index (χ3v) is 3.85. The van der Waals surface area contributed by atoms with Crippen molar-refractivity contribution in [2.75, 3.05) is 0 Å². The van der Waals surface area contributed by atoms with Crippen LogP contribution in [-0.2, 0) is 17.9 Å². The molecule has 110 valence electrons. The molecular weight excluding hydrogens is 250 g/mol. The lowest BCUT2D eigenvalue weighted by Crippen LogP contribution is -2.24. The van der Waals surface area contributed by atoms with Crippen LogP contribution in [0.2, 0.25) is 0 Å². The normalized spacial score (nSPS) is 15.6. The van der Waals surface area contributed by atoms with Crippen molar-refractivity contribution in [3.63, 3.8) is 0 Å². The molecule has 1 amide bonds. The van der Waals surface area contributed by atoms with Gasteiger partial charge in [-0.3, -0.25) is 4.79 Å². The van der Waals surface area contributed by atoms with Crippen molar-refractivity contribution >= 4 is 5.91 Å². The van der Waals surface area contributed by atoms with Crippen molar-refractivity contribution in [3.8, 4) is 0 Å². The first-order chi connectivity index (χ1) is 9.51. The summed E-state index contributed by atoms with van der Waals surface area (Å²) in [5, 5.41) is 10.2. The summed E-state index contributed by atoms with van der Waals surface area (Å²) in [6, 6.07) is 6.13. The van der Waals surface area contributed by atoms with Crippen LogP contribution in [-0.4, -0.2) is 15.9 Å². The zero-order chi connectivity index (χ0) is 14.7. The van der Waals surface area contributed by atoms with E-state index in [4.69, 9.17) is 0 Å². The summed E-state index contributed by atoms with van der Waals surface area (Å²) >= 11 is 0. The molecule has 1 aliphatic rings. The highest BCUT2D eigenvalue weighted by atomic mass is 16.3. The molecular formula is C17H25NO2. The Hall–Kier alpha value is -1.35. The first kappa shape index (κ1) is 15.0. The molecule has 1 heterocycles. The van der Waals surface area contributed by atoms with Gasteiger partial charge in [0.25, 0.3) is 0 Å². The van der Waals surface area contributed by atoms with Crippen LogP contribution in [0.3, 0.4) is 0 Å². The number of carbonyl (C=O) groups excluding carboxylic acids is 1. The average Bonchev–Trinajstić information content (AvgIpc) is 2.80. The summed E-state index contributed by atoms with van der Waals surface area (Å²) in [6.07, 6.45) is 1.89. The Balaban J connectivity index is 2.08. The molecule has 0 fully saturated rings. The fraction of sp³-hybridized carbons (Fsp3) is 0.588. The van der Waals surface area contributed by atoms with E-state index in [0.717, 1.165) is 18.4 Å². The Labute approximate surface area is 121 Å². The lowest BCUT2D eigenvalue weighted by atomic mass is 9.97. The van der Waals surface area contributed by atoms with E-state index < -0.39 is 6.10 Å². The molecule has 0 aliphatic carbocycles. The molecule has 0 spiro atoms. The minimum atomic E-state index is -0.402. The first-order valence-corrected chi connectivity index (χ1v) is 7.58. The van der Waals surface area contributed by atoms with Crippen LogP contribution in [0.15, 0.2) is 18.2 Å². The standard InChI is InChI=1S/C17H25NO2/c1-4-5-17(20)18-10-14-7-6-13(9-15(14)11-18)16(19)8-12(2)3/h6-7,9,12,16,19H,4-5,8,10-11H2,1-3H3. The lowest BCUT2D eigenvalue weighted by Gasteiger charge is -2.15. The number of rotatable bonds is 5. The second kappa shape index (κ2) is 6.40. The molecule has 3 nitrogen and oxygen atoms in total. The third-order valence-electron chi connectivity index (χ3n) is 3.85. The van der Waals surface area contributed by atoms with E-state index in [1.165, 1.54) is 11.1 Å². The summed E-state index contributed by atoms with van der Waals surface area (Å²) in [6.45, 7) is 7.66. The zero-order valence-electron chi connectivity index (χ0n) is 12.7. The summed E-state index contributed by atoms with van der Waals surface area (Å²) in [5.41, 5.74) is 3.38. The van der Waals surface area contributed by atoms with E-state index in [9.17, 15) is 9.90 Å². The number of amides is 1. The molecule has 1 atom stereocenters. The predicted octanol–water partition coefficient (Wildman–Crippen LogP) is 3.41. The van der Waals surface area contributed by atoms with Gasteiger partial charge < -0.3 is 10.0 Å². The minimum Gasteiger partial charge on any atom is -0.388 e. The number of aliphatic hydroxyl groups is 1. The maximum absolute atomic E-state index is 12.0. The van der Waals surface area contributed by atoms with Gasteiger partial charge in [-0.1, -0.05) is 39.0 Å². The van der Waals surface area contributed by atoms with Gasteiger partial charge in [0.1, 0.15) is 0 Å². The highest BCUT2D eigenvalue weighted by Gasteiger charge is 2.23. The van der Waals surface area contributed by atoms with Crippen LogP contribution in [0.1, 0.15) is 62.8 Å². The Kier molecular flexibility index (Phi) is 4.81. The van der Waals surface area contributed by atoms with Gasteiger partial charge in [-0.2, -0.15) is 0 Å². The maximum Gasteiger partial charge on any atom is 0.223 e. The molecule has 1 unspecified atom stereocenters. The van der Waals surface area contributed by atoms with E-state index in [2.05, 4.69) is 26.0 Å². The van der Waals surface area contributed by atoms with Crippen molar-refractivity contribution < 1.29 is 9.90 Å². The molecule has 20 heavy (non-hydrogen) atoms. The van der Waals surface area contributed by atoms with Crippen molar-refractivity contribution in [2.24, 2.45) is 5.92 Å². The topological polar surface area (TPSA) is 40.5 Å². The number of fused-ring (bicyclic) bond motifs is 1. The number of nitrogens with zero attached hydrogens (tertiary/aromatic N) is 1. The highest BCUT2D eigenvalue weighted by molar-refractivity contribution is 5.76. The molecule has 0 radical (unpaired) electrons. The van der Waals surface area contributed by atoms with Crippen molar-refractivity contribution in [1.29, 1.82) is 0 Å². The summed E-state index contributed by atoms with van der Waals surface area (Å²) in [4.78, 5) is 13.9. The van der Waals surface area contributed by atoms with Crippen LogP contribution in [0.4, 0.5) is 0 Å². The van der Waals surface area contributed by atoms with Crippen molar-refractivity contribution in [1.82, 2.24) is 4.90 Å². The zero-order valence-corrected chi connectivity index (χ0v) is 12.7. The van der Waals surface area contributed by atoms with E-state index in [-0.39, 0.29) is 5.91 Å². The molecule has 3 heteroatoms. The largest absolute Gasteiger partial charge is 0.388 e. The molecule has 0 saturated carbocycles. The van der Waals surface area contributed by atoms with E-state index in [1.807, 2.05) is 17.9 Å². The van der Waals surface area contributed by atoms with Gasteiger partial charge in [-0.25, -0.2) is 0 Å². The molecule has 1 aromatic carbocycles. The number of aliphatic hydroxyl groups excluding tert-OH is 1. The second-order valence-electron chi connectivity index (χ2n) is 6.17. The summed E-state index contributed by atoms with van der Waals surface area (Å²) in [5.74, 6) is 0.703. The number of hydrogen-bond donors (Lipinski definition) is 1. The quantitative estimate of drug-likeness (QED) is 0.894. The van der Waals surface area contributed by atoms with Gasteiger partial charge >= 0.3 is 0 Å². The van der Waals surface area contributed by atoms with E-state index in [0.29, 0.717) is 25.4 Å². The van der Waals surface area contributed by atoms with Crippen LogP contribution in [0.25, 0.3) is 0 Å². The Bertz CT molecular complexity index is 482. The van der Waals surface area contributed by atoms with Crippen LogP contribution < -0.4 is 0 Å². The van der Waals surface area contributed by atoms with Gasteiger partial charge in [-0.05, 0) is 35.4 Å². The van der Waals surface area contributed by atoms with Gasteiger partial charge in [-0.15, -0.1) is 0 Å². The fourth-order valence-electron chi connectivity index (χ4n) is 2.75. The number of benzene rings is 1. The summed E-state index contributed by atoms with van der Waals surface area (Å²) < 4.78 is 0. The molecule has 1 aromatic rings. The van der Waals surface area contributed by atoms with Crippen LogP contribution in [0, 0.1) is 5.92 Å². The second-order valence-corrected chi connectivity index (χ2v) is 6.17. The Morgan fingerprint density at radius 1 is 1.30 bits per heavy atom. The molecule has 0 aromatic heterocycles. The highest BCUT2D eigenvalue weighted by Crippen LogP contribution is 2.28. The molecule has 0 saturated heterocycles. The van der Waals surface area contributed by atoms with Crippen LogP contribution >= 0.6 is 0 Å². The Morgan fingerprint density at radius 3 is 2.65 bits per heavy atom. The molecule has 1 N–H and O–H groups in total. The predicted molar refractivity (Wildman–Crippen MR) is 80.0 cm³/mol. The molecule has 1 aliphatic heterocycles. The van der Waals surface area contributed by atoms with Crippen molar-refractivity contribution in [3.05, 3.63) is 34.9 Å². The third kappa shape index (κ3) is 3.40. The monoisotopic (exact) mass is 275 g/mol.